The van der Waals surface area contributed by atoms with Crippen LogP contribution in [0.15, 0.2) is 23.2 Å². The highest BCUT2D eigenvalue weighted by atomic mass is 16.2. The van der Waals surface area contributed by atoms with Gasteiger partial charge in [-0.15, -0.1) is 0 Å². The first kappa shape index (κ1) is 23.6. The fourth-order valence-corrected chi connectivity index (χ4v) is 6.50. The maximum Gasteiger partial charge on any atom is 0.233 e. The minimum atomic E-state index is -0.530. The molecule has 3 aliphatic rings. The SMILES string of the molecule is CC(C)C1CCC(C2c3cc(C#N)ccc3C3(CCNCC3)C(=O)N2CCN=C(N)N)CC1. The van der Waals surface area contributed by atoms with Gasteiger partial charge in [0, 0.05) is 6.54 Å². The number of amides is 1. The molecule has 7 heteroatoms. The largest absolute Gasteiger partial charge is 0.370 e. The Kier molecular flexibility index (Phi) is 6.94. The van der Waals surface area contributed by atoms with Crippen LogP contribution in [0.5, 0.6) is 0 Å². The quantitative estimate of drug-likeness (QED) is 0.470. The number of fused-ring (bicyclic) bond motifs is 2. The Balaban J connectivity index is 1.78. The Hall–Kier alpha value is -2.59. The summed E-state index contributed by atoms with van der Waals surface area (Å²) < 4.78 is 0. The molecule has 2 fully saturated rings. The van der Waals surface area contributed by atoms with Crippen molar-refractivity contribution in [1.82, 2.24) is 10.2 Å². The fraction of sp³-hybridized carbons (Fsp3) is 0.654. The number of nitriles is 1. The molecule has 1 aromatic rings. The molecule has 1 saturated carbocycles. The van der Waals surface area contributed by atoms with Crippen molar-refractivity contribution in [2.45, 2.75) is 63.8 Å². The van der Waals surface area contributed by atoms with Crippen molar-refractivity contribution in [3.05, 3.63) is 34.9 Å². The number of hydrogen-bond acceptors (Lipinski definition) is 4. The predicted octanol–water partition coefficient (Wildman–Crippen LogP) is 2.80. The minimum Gasteiger partial charge on any atom is -0.370 e. The Morgan fingerprint density at radius 1 is 1.24 bits per heavy atom. The molecule has 1 aliphatic carbocycles. The summed E-state index contributed by atoms with van der Waals surface area (Å²) in [5.74, 6) is 2.08. The highest BCUT2D eigenvalue weighted by Gasteiger charge is 2.52. The van der Waals surface area contributed by atoms with Crippen LogP contribution >= 0.6 is 0 Å². The molecule has 7 nitrogen and oxygen atoms in total. The number of aliphatic imine (C=N–C) groups is 1. The van der Waals surface area contributed by atoms with Crippen molar-refractivity contribution >= 4 is 11.9 Å². The van der Waals surface area contributed by atoms with Gasteiger partial charge in [-0.25, -0.2) is 0 Å². The third-order valence-corrected chi connectivity index (χ3v) is 8.32. The Bertz CT molecular complexity index is 931. The summed E-state index contributed by atoms with van der Waals surface area (Å²) in [6, 6.07) is 8.31. The van der Waals surface area contributed by atoms with E-state index >= 15 is 0 Å². The molecule has 1 atom stereocenters. The number of guanidine groups is 1. The summed E-state index contributed by atoms with van der Waals surface area (Å²) >= 11 is 0. The average Bonchev–Trinajstić information content (AvgIpc) is 2.82. The smallest absolute Gasteiger partial charge is 0.233 e. The number of benzene rings is 1. The highest BCUT2D eigenvalue weighted by molar-refractivity contribution is 5.91. The number of nitrogens with one attached hydrogen (secondary N) is 1. The Morgan fingerprint density at radius 3 is 2.55 bits per heavy atom. The van der Waals surface area contributed by atoms with Gasteiger partial charge in [0.05, 0.1) is 29.6 Å². The molecule has 0 radical (unpaired) electrons. The van der Waals surface area contributed by atoms with Gasteiger partial charge in [0.15, 0.2) is 5.96 Å². The van der Waals surface area contributed by atoms with Crippen LogP contribution in [-0.4, -0.2) is 42.9 Å². The standard InChI is InChI=1S/C26H38N6O/c1-17(2)19-4-6-20(7-5-19)23-21-15-18(16-27)3-8-22(21)26(9-11-30-12-10-26)24(33)32(23)14-13-31-25(28)29/h3,8,15,17,19-20,23,30H,4-7,9-14H2,1-2H3,(H4,28,29,31). The Morgan fingerprint density at radius 2 is 1.94 bits per heavy atom. The fourth-order valence-electron chi connectivity index (χ4n) is 6.50. The molecular formula is C26H38N6O. The van der Waals surface area contributed by atoms with Gasteiger partial charge in [-0.05, 0) is 92.6 Å². The summed E-state index contributed by atoms with van der Waals surface area (Å²) in [6.45, 7) is 7.15. The van der Waals surface area contributed by atoms with Crippen molar-refractivity contribution < 1.29 is 4.79 Å². The average molecular weight is 451 g/mol. The molecule has 178 valence electrons. The van der Waals surface area contributed by atoms with Gasteiger partial charge < -0.3 is 21.7 Å². The van der Waals surface area contributed by atoms with E-state index < -0.39 is 5.41 Å². The van der Waals surface area contributed by atoms with Gasteiger partial charge in [0.1, 0.15) is 0 Å². The lowest BCUT2D eigenvalue weighted by molar-refractivity contribution is -0.145. The van der Waals surface area contributed by atoms with Gasteiger partial charge in [0.2, 0.25) is 5.91 Å². The van der Waals surface area contributed by atoms with Crippen molar-refractivity contribution in [3.63, 3.8) is 0 Å². The van der Waals surface area contributed by atoms with E-state index in [9.17, 15) is 10.1 Å². The van der Waals surface area contributed by atoms with E-state index in [1.165, 1.54) is 18.4 Å². The monoisotopic (exact) mass is 450 g/mol. The van der Waals surface area contributed by atoms with Gasteiger partial charge in [-0.3, -0.25) is 9.79 Å². The van der Waals surface area contributed by atoms with E-state index in [1.54, 1.807) is 0 Å². The van der Waals surface area contributed by atoms with Gasteiger partial charge in [-0.2, -0.15) is 5.26 Å². The zero-order chi connectivity index (χ0) is 23.6. The molecule has 1 saturated heterocycles. The molecule has 1 amide bonds. The second-order valence-electron chi connectivity index (χ2n) is 10.4. The number of piperidine rings is 1. The van der Waals surface area contributed by atoms with Crippen molar-refractivity contribution in [3.8, 4) is 6.07 Å². The van der Waals surface area contributed by atoms with Crippen LogP contribution in [-0.2, 0) is 10.2 Å². The summed E-state index contributed by atoms with van der Waals surface area (Å²) in [7, 11) is 0. The molecule has 33 heavy (non-hydrogen) atoms. The van der Waals surface area contributed by atoms with Crippen LogP contribution in [0.3, 0.4) is 0 Å². The van der Waals surface area contributed by atoms with E-state index in [0.29, 0.717) is 30.5 Å². The summed E-state index contributed by atoms with van der Waals surface area (Å²) in [5, 5.41) is 13.1. The zero-order valence-corrected chi connectivity index (χ0v) is 20.0. The number of nitrogens with two attached hydrogens (primary N) is 2. The van der Waals surface area contributed by atoms with E-state index in [1.807, 2.05) is 6.07 Å². The first-order chi connectivity index (χ1) is 15.9. The van der Waals surface area contributed by atoms with Crippen LogP contribution in [0.4, 0.5) is 0 Å². The second-order valence-corrected chi connectivity index (χ2v) is 10.4. The number of carbonyl (C=O) groups excluding carboxylic acids is 1. The van der Waals surface area contributed by atoms with Crippen molar-refractivity contribution in [2.24, 2.45) is 34.2 Å². The predicted molar refractivity (Wildman–Crippen MR) is 130 cm³/mol. The van der Waals surface area contributed by atoms with Crippen LogP contribution in [0.1, 0.15) is 75.1 Å². The normalized spacial score (nSPS) is 26.7. The molecule has 1 aromatic carbocycles. The highest BCUT2D eigenvalue weighted by Crippen LogP contribution is 2.51. The summed E-state index contributed by atoms with van der Waals surface area (Å²) in [6.07, 6.45) is 6.13. The van der Waals surface area contributed by atoms with Crippen LogP contribution in [0, 0.1) is 29.1 Å². The summed E-state index contributed by atoms with van der Waals surface area (Å²) in [4.78, 5) is 20.5. The number of rotatable bonds is 5. The minimum absolute atomic E-state index is 0.0244. The summed E-state index contributed by atoms with van der Waals surface area (Å²) in [5.41, 5.74) is 13.6. The van der Waals surface area contributed by atoms with Crippen LogP contribution < -0.4 is 16.8 Å². The lowest BCUT2D eigenvalue weighted by Gasteiger charge is -2.52. The van der Waals surface area contributed by atoms with Gasteiger partial charge in [-0.1, -0.05) is 19.9 Å². The molecule has 5 N–H and O–H groups in total. The third kappa shape index (κ3) is 4.46. The van der Waals surface area contributed by atoms with E-state index in [2.05, 4.69) is 47.3 Å². The molecule has 0 aromatic heterocycles. The molecule has 0 bridgehead atoms. The topological polar surface area (TPSA) is 121 Å². The zero-order valence-electron chi connectivity index (χ0n) is 20.0. The maximum atomic E-state index is 14.2. The second kappa shape index (κ2) is 9.72. The van der Waals surface area contributed by atoms with Crippen LogP contribution in [0.25, 0.3) is 0 Å². The molecule has 1 unspecified atom stereocenters. The van der Waals surface area contributed by atoms with Crippen LogP contribution in [0.2, 0.25) is 0 Å². The number of carbonyl (C=O) groups is 1. The molecule has 2 aliphatic heterocycles. The number of nitrogens with zero attached hydrogens (tertiary/aromatic N) is 3. The molecular weight excluding hydrogens is 412 g/mol. The van der Waals surface area contributed by atoms with E-state index in [4.69, 9.17) is 11.5 Å². The third-order valence-electron chi connectivity index (χ3n) is 8.32. The van der Waals surface area contributed by atoms with Crippen molar-refractivity contribution in [1.29, 1.82) is 5.26 Å². The molecule has 4 rings (SSSR count). The first-order valence-corrected chi connectivity index (χ1v) is 12.5. The molecule has 2 heterocycles. The number of hydrogen-bond donors (Lipinski definition) is 3. The first-order valence-electron chi connectivity index (χ1n) is 12.5. The Labute approximate surface area is 197 Å². The lowest BCUT2D eigenvalue weighted by Crippen LogP contribution is -2.58. The van der Waals surface area contributed by atoms with Crippen molar-refractivity contribution in [2.75, 3.05) is 26.2 Å². The van der Waals surface area contributed by atoms with E-state index in [-0.39, 0.29) is 17.9 Å². The van der Waals surface area contributed by atoms with Gasteiger partial charge >= 0.3 is 0 Å². The maximum absolute atomic E-state index is 14.2. The van der Waals surface area contributed by atoms with Gasteiger partial charge in [0.25, 0.3) is 0 Å². The van der Waals surface area contributed by atoms with E-state index in [0.717, 1.165) is 50.3 Å². The molecule has 1 spiro atoms. The lowest BCUT2D eigenvalue weighted by atomic mass is 9.63.